The molecule has 0 aromatic heterocycles. The Labute approximate surface area is 164 Å². The van der Waals surface area contributed by atoms with Gasteiger partial charge >= 0.3 is 12.5 Å². The maximum absolute atomic E-state index is 13.0. The van der Waals surface area contributed by atoms with Crippen LogP contribution in [0.2, 0.25) is 0 Å². The Balaban J connectivity index is 1.78. The summed E-state index contributed by atoms with van der Waals surface area (Å²) in [6, 6.07) is 23.1. The van der Waals surface area contributed by atoms with Crippen molar-refractivity contribution in [2.75, 3.05) is 5.32 Å². The minimum Gasteiger partial charge on any atom is -0.428 e. The van der Waals surface area contributed by atoms with Crippen molar-refractivity contribution in [2.45, 2.75) is 18.5 Å². The zero-order chi connectivity index (χ0) is 20.9. The van der Waals surface area contributed by atoms with Crippen molar-refractivity contribution in [3.8, 4) is 5.75 Å². The smallest absolute Gasteiger partial charge is 0.428 e. The lowest BCUT2D eigenvalue weighted by Crippen LogP contribution is -2.33. The molecule has 0 saturated carbocycles. The summed E-state index contributed by atoms with van der Waals surface area (Å²) in [7, 11) is 0. The monoisotopic (exact) mass is 403 g/mol. The molecule has 3 nitrogen and oxygen atoms in total. The fourth-order valence-corrected chi connectivity index (χ4v) is 2.81. The number of rotatable bonds is 7. The largest absolute Gasteiger partial charge is 0.461 e. The minimum absolute atomic E-state index is 0.319. The Morgan fingerprint density at radius 1 is 0.793 bits per heavy atom. The third kappa shape index (κ3) is 5.13. The zero-order valence-electron chi connectivity index (χ0n) is 15.1. The molecule has 0 aliphatic heterocycles. The average molecular weight is 403 g/mol. The molecule has 150 valence electrons. The summed E-state index contributed by atoms with van der Waals surface area (Å²) in [5.41, 5.74) is 1.89. The highest BCUT2D eigenvalue weighted by Gasteiger charge is 2.43. The van der Waals surface area contributed by atoms with E-state index >= 15 is 0 Å². The average Bonchev–Trinajstić information content (AvgIpc) is 2.71. The second-order valence-corrected chi connectivity index (χ2v) is 6.23. The summed E-state index contributed by atoms with van der Waals surface area (Å²) in [4.78, 5) is 13.0. The first kappa shape index (κ1) is 20.4. The van der Waals surface area contributed by atoms with Crippen molar-refractivity contribution in [2.24, 2.45) is 0 Å². The van der Waals surface area contributed by atoms with Crippen molar-refractivity contribution < 1.29 is 27.1 Å². The van der Waals surface area contributed by atoms with Crippen LogP contribution < -0.4 is 10.1 Å². The Morgan fingerprint density at radius 2 is 1.28 bits per heavy atom. The Hall–Kier alpha value is -3.35. The van der Waals surface area contributed by atoms with Gasteiger partial charge in [0, 0.05) is 5.69 Å². The lowest BCUT2D eigenvalue weighted by molar-refractivity contribution is -0.253. The zero-order valence-corrected chi connectivity index (χ0v) is 15.1. The molecule has 0 radical (unpaired) electrons. The lowest BCUT2D eigenvalue weighted by atomic mass is 9.90. The first-order valence-electron chi connectivity index (χ1n) is 8.72. The fraction of sp³-hybridized carbons (Fsp3) is 0.136. The van der Waals surface area contributed by atoms with E-state index in [2.05, 4.69) is 10.1 Å². The number of halogens is 4. The molecule has 1 N–H and O–H groups in total. The van der Waals surface area contributed by atoms with E-state index in [-0.39, 0.29) is 5.91 Å². The first-order chi connectivity index (χ1) is 13.9. The third-order valence-corrected chi connectivity index (χ3v) is 4.16. The molecule has 29 heavy (non-hydrogen) atoms. The van der Waals surface area contributed by atoms with Gasteiger partial charge in [0.25, 0.3) is 0 Å². The summed E-state index contributed by atoms with van der Waals surface area (Å²) >= 11 is 0. The number of benzene rings is 3. The van der Waals surface area contributed by atoms with E-state index < -0.39 is 24.2 Å². The molecular weight excluding hydrogens is 386 g/mol. The van der Waals surface area contributed by atoms with Gasteiger partial charge in [0.05, 0.1) is 5.92 Å². The van der Waals surface area contributed by atoms with Gasteiger partial charge in [0.15, 0.2) is 0 Å². The van der Waals surface area contributed by atoms with Crippen LogP contribution in [0.4, 0.5) is 23.2 Å². The molecule has 0 aliphatic rings. The van der Waals surface area contributed by atoms with Crippen molar-refractivity contribution in [3.05, 3.63) is 96.1 Å². The molecule has 0 saturated heterocycles. The summed E-state index contributed by atoms with van der Waals surface area (Å²) < 4.78 is 54.4. The maximum Gasteiger partial charge on any atom is 0.461 e. The van der Waals surface area contributed by atoms with Gasteiger partial charge in [-0.2, -0.15) is 17.6 Å². The van der Waals surface area contributed by atoms with Gasteiger partial charge in [-0.15, -0.1) is 0 Å². The molecule has 0 aliphatic carbocycles. The summed E-state index contributed by atoms with van der Waals surface area (Å²) in [5, 5.41) is 2.72. The standard InChI is InChI=1S/C22H17F4NO2/c23-21(24)22(25,26)29-18-13-11-17(12-14-18)27-20(28)19(15-7-3-1-4-8-15)16-9-5-2-6-10-16/h1-14,19,21H,(H,27,28). The Morgan fingerprint density at radius 3 is 1.72 bits per heavy atom. The van der Waals surface area contributed by atoms with Crippen molar-refractivity contribution in [3.63, 3.8) is 0 Å². The van der Waals surface area contributed by atoms with Crippen molar-refractivity contribution in [1.29, 1.82) is 0 Å². The Kier molecular flexibility index (Phi) is 6.16. The first-order valence-corrected chi connectivity index (χ1v) is 8.72. The molecule has 3 rings (SSSR count). The van der Waals surface area contributed by atoms with Crippen LogP contribution in [0.15, 0.2) is 84.9 Å². The van der Waals surface area contributed by atoms with Gasteiger partial charge in [0.1, 0.15) is 5.75 Å². The van der Waals surface area contributed by atoms with Crippen LogP contribution in [0, 0.1) is 0 Å². The van der Waals surface area contributed by atoms with Crippen LogP contribution in [-0.4, -0.2) is 18.4 Å². The minimum atomic E-state index is -4.59. The molecular formula is C22H17F4NO2. The number of amides is 1. The molecule has 0 spiro atoms. The number of nitrogens with one attached hydrogen (secondary N) is 1. The van der Waals surface area contributed by atoms with Gasteiger partial charge in [-0.25, -0.2) is 0 Å². The second-order valence-electron chi connectivity index (χ2n) is 6.23. The summed E-state index contributed by atoms with van der Waals surface area (Å²) in [5.74, 6) is -1.35. The predicted molar refractivity (Wildman–Crippen MR) is 101 cm³/mol. The lowest BCUT2D eigenvalue weighted by Gasteiger charge is -2.19. The van der Waals surface area contributed by atoms with E-state index in [1.807, 2.05) is 60.7 Å². The molecule has 3 aromatic rings. The molecule has 0 heterocycles. The third-order valence-electron chi connectivity index (χ3n) is 4.16. The van der Waals surface area contributed by atoms with Crippen LogP contribution in [-0.2, 0) is 4.79 Å². The van der Waals surface area contributed by atoms with Crippen LogP contribution in [0.5, 0.6) is 5.75 Å². The molecule has 1 amide bonds. The Bertz CT molecular complexity index is 893. The van der Waals surface area contributed by atoms with E-state index in [9.17, 15) is 22.4 Å². The van der Waals surface area contributed by atoms with Crippen molar-refractivity contribution >= 4 is 11.6 Å². The van der Waals surface area contributed by atoms with Gasteiger partial charge in [0.2, 0.25) is 5.91 Å². The highest BCUT2D eigenvalue weighted by molar-refractivity contribution is 5.98. The molecule has 0 atom stereocenters. The van der Waals surface area contributed by atoms with Gasteiger partial charge < -0.3 is 10.1 Å². The second kappa shape index (κ2) is 8.77. The highest BCUT2D eigenvalue weighted by atomic mass is 19.3. The molecule has 0 fully saturated rings. The normalized spacial score (nSPS) is 11.5. The molecule has 7 heteroatoms. The highest BCUT2D eigenvalue weighted by Crippen LogP contribution is 2.29. The number of anilines is 1. The van der Waals surface area contributed by atoms with Gasteiger partial charge in [-0.1, -0.05) is 60.7 Å². The van der Waals surface area contributed by atoms with Crippen LogP contribution >= 0.6 is 0 Å². The quantitative estimate of drug-likeness (QED) is 0.515. The van der Waals surface area contributed by atoms with E-state index in [0.717, 1.165) is 23.3 Å². The number of hydrogen-bond donors (Lipinski definition) is 1. The SMILES string of the molecule is O=C(Nc1ccc(OC(F)(F)C(F)F)cc1)C(c1ccccc1)c1ccccc1. The van der Waals surface area contributed by atoms with Gasteiger partial charge in [-0.3, -0.25) is 4.79 Å². The maximum atomic E-state index is 13.0. The molecule has 0 bridgehead atoms. The summed E-state index contributed by atoms with van der Waals surface area (Å²) in [6.45, 7) is 0. The number of carbonyl (C=O) groups is 1. The number of ether oxygens (including phenoxy) is 1. The van der Waals surface area contributed by atoms with Crippen LogP contribution in [0.1, 0.15) is 17.0 Å². The fourth-order valence-electron chi connectivity index (χ4n) is 2.81. The van der Waals surface area contributed by atoms with Gasteiger partial charge in [-0.05, 0) is 35.4 Å². The van der Waals surface area contributed by atoms with E-state index in [1.165, 1.54) is 12.1 Å². The number of alkyl halides is 4. The van der Waals surface area contributed by atoms with E-state index in [4.69, 9.17) is 0 Å². The number of carbonyl (C=O) groups excluding carboxylic acids is 1. The van der Waals surface area contributed by atoms with E-state index in [0.29, 0.717) is 5.69 Å². The topological polar surface area (TPSA) is 38.3 Å². The van der Waals surface area contributed by atoms with Crippen LogP contribution in [0.25, 0.3) is 0 Å². The van der Waals surface area contributed by atoms with E-state index in [1.54, 1.807) is 0 Å². The summed E-state index contributed by atoms with van der Waals surface area (Å²) in [6.07, 6.45) is -8.53. The number of hydrogen-bond acceptors (Lipinski definition) is 2. The van der Waals surface area contributed by atoms with Crippen molar-refractivity contribution in [1.82, 2.24) is 0 Å². The van der Waals surface area contributed by atoms with Crippen LogP contribution in [0.3, 0.4) is 0 Å². The molecule has 3 aromatic carbocycles. The molecule has 0 unspecified atom stereocenters. The predicted octanol–water partition coefficient (Wildman–Crippen LogP) is 5.69.